The van der Waals surface area contributed by atoms with E-state index in [1.165, 1.54) is 14.2 Å². The van der Waals surface area contributed by atoms with Gasteiger partial charge in [-0.1, -0.05) is 0 Å². The molecule has 0 rings (SSSR count). The Bertz CT molecular complexity index is 138. The first-order valence-corrected chi connectivity index (χ1v) is 2.57. The normalized spacial score (nSPS) is 12.6. The molecule has 10 heavy (non-hydrogen) atoms. The Labute approximate surface area is 58.5 Å². The Morgan fingerprint density at radius 1 is 1.50 bits per heavy atom. The van der Waals surface area contributed by atoms with E-state index in [1.54, 1.807) is 6.07 Å². The van der Waals surface area contributed by atoms with Gasteiger partial charge in [-0.2, -0.15) is 5.26 Å². The molecule has 5 nitrogen and oxygen atoms in total. The molecule has 0 spiro atoms. The van der Waals surface area contributed by atoms with Crippen LogP contribution in [0.5, 0.6) is 0 Å². The molecule has 1 atom stereocenters. The van der Waals surface area contributed by atoms with Gasteiger partial charge in [0.15, 0.2) is 6.29 Å². The summed E-state index contributed by atoms with van der Waals surface area (Å²) < 4.78 is 9.21. The molecule has 0 amide bonds. The van der Waals surface area contributed by atoms with Crippen LogP contribution in [-0.4, -0.2) is 26.6 Å². The summed E-state index contributed by atoms with van der Waals surface area (Å²) in [5.74, 6) is 0. The number of rotatable bonds is 4. The fourth-order valence-corrected chi connectivity index (χ4v) is 0.488. The first-order valence-electron chi connectivity index (χ1n) is 2.57. The molecule has 0 aromatic heterocycles. The number of hydrogen-bond donors (Lipinski definition) is 0. The number of ether oxygens (including phenoxy) is 2. The van der Waals surface area contributed by atoms with E-state index in [4.69, 9.17) is 5.26 Å². The molecule has 0 radical (unpaired) electrons. The average Bonchev–Trinajstić information content (AvgIpc) is 2.00. The lowest BCUT2D eigenvalue weighted by molar-refractivity contribution is -0.106. The van der Waals surface area contributed by atoms with Crippen molar-refractivity contribution in [3.63, 3.8) is 0 Å². The zero-order valence-corrected chi connectivity index (χ0v) is 5.77. The molecular weight excluding hydrogens is 136 g/mol. The molecule has 0 saturated carbocycles. The summed E-state index contributed by atoms with van der Waals surface area (Å²) in [4.78, 5) is 9.86. The summed E-state index contributed by atoms with van der Waals surface area (Å²) in [6.07, 6.45) is -0.859. The largest absolute Gasteiger partial charge is 0.353 e. The molecule has 0 N–H and O–H groups in total. The van der Waals surface area contributed by atoms with Crippen LogP contribution in [0.15, 0.2) is 5.18 Å². The monoisotopic (exact) mass is 144 g/mol. The van der Waals surface area contributed by atoms with Gasteiger partial charge in [-0.15, -0.1) is 4.91 Å². The summed E-state index contributed by atoms with van der Waals surface area (Å²) >= 11 is 0. The maximum absolute atomic E-state index is 9.86. The predicted octanol–water partition coefficient (Wildman–Crippen LogP) is 0.264. The van der Waals surface area contributed by atoms with Gasteiger partial charge < -0.3 is 9.47 Å². The maximum Gasteiger partial charge on any atom is 0.228 e. The van der Waals surface area contributed by atoms with Crippen molar-refractivity contribution >= 4 is 0 Å². The van der Waals surface area contributed by atoms with Crippen LogP contribution in [0.1, 0.15) is 0 Å². The van der Waals surface area contributed by atoms with Crippen LogP contribution in [0.25, 0.3) is 0 Å². The third-order valence-electron chi connectivity index (χ3n) is 0.968. The lowest BCUT2D eigenvalue weighted by atomic mass is 10.3. The number of methoxy groups -OCH3 is 2. The Morgan fingerprint density at radius 3 is 2.10 bits per heavy atom. The SMILES string of the molecule is COC(OC)C(C#N)N=O. The summed E-state index contributed by atoms with van der Waals surface area (Å²) in [6.45, 7) is 0. The van der Waals surface area contributed by atoms with Crippen molar-refractivity contribution in [2.45, 2.75) is 12.3 Å². The minimum absolute atomic E-state index is 0.859. The molecule has 0 aliphatic carbocycles. The van der Waals surface area contributed by atoms with Gasteiger partial charge in [0.2, 0.25) is 6.04 Å². The van der Waals surface area contributed by atoms with Crippen molar-refractivity contribution in [1.82, 2.24) is 0 Å². The van der Waals surface area contributed by atoms with Crippen molar-refractivity contribution < 1.29 is 9.47 Å². The average molecular weight is 144 g/mol. The molecule has 0 aromatic carbocycles. The zero-order valence-electron chi connectivity index (χ0n) is 5.77. The summed E-state index contributed by atoms with van der Waals surface area (Å²) in [6, 6.07) is 0.537. The topological polar surface area (TPSA) is 71.7 Å². The van der Waals surface area contributed by atoms with Gasteiger partial charge >= 0.3 is 0 Å². The van der Waals surface area contributed by atoms with Gasteiger partial charge in [0.1, 0.15) is 0 Å². The van der Waals surface area contributed by atoms with E-state index >= 15 is 0 Å². The van der Waals surface area contributed by atoms with Crippen LogP contribution in [-0.2, 0) is 9.47 Å². The number of nitriles is 1. The smallest absolute Gasteiger partial charge is 0.228 e. The summed E-state index contributed by atoms with van der Waals surface area (Å²) in [5.41, 5.74) is 0. The quantitative estimate of drug-likeness (QED) is 0.419. The fourth-order valence-electron chi connectivity index (χ4n) is 0.488. The van der Waals surface area contributed by atoms with Crippen molar-refractivity contribution in [3.05, 3.63) is 4.91 Å². The van der Waals surface area contributed by atoms with E-state index in [1.807, 2.05) is 0 Å². The molecule has 0 aliphatic heterocycles. The Hall–Kier alpha value is -0.990. The van der Waals surface area contributed by atoms with Gasteiger partial charge in [-0.25, -0.2) is 0 Å². The van der Waals surface area contributed by atoms with Gasteiger partial charge in [0.25, 0.3) is 0 Å². The third kappa shape index (κ3) is 2.09. The molecule has 0 aliphatic rings. The minimum atomic E-state index is -1.09. The van der Waals surface area contributed by atoms with E-state index in [0.717, 1.165) is 0 Å². The van der Waals surface area contributed by atoms with Crippen LogP contribution in [0.2, 0.25) is 0 Å². The van der Waals surface area contributed by atoms with E-state index < -0.39 is 12.3 Å². The van der Waals surface area contributed by atoms with E-state index in [9.17, 15) is 4.91 Å². The van der Waals surface area contributed by atoms with Gasteiger partial charge in [0, 0.05) is 14.2 Å². The van der Waals surface area contributed by atoms with Crippen LogP contribution in [0, 0.1) is 16.2 Å². The van der Waals surface area contributed by atoms with E-state index in [-0.39, 0.29) is 0 Å². The first kappa shape index (κ1) is 9.01. The van der Waals surface area contributed by atoms with Crippen molar-refractivity contribution in [2.75, 3.05) is 14.2 Å². The highest BCUT2D eigenvalue weighted by Gasteiger charge is 2.20. The standard InChI is InChI=1S/C5H8N2O3/c1-9-5(10-2)4(3-6)7-8/h4-5H,1-2H3. The Morgan fingerprint density at radius 2 is 2.00 bits per heavy atom. The number of nitroso groups, excluding NO2 is 1. The van der Waals surface area contributed by atoms with Gasteiger partial charge in [-0.05, 0) is 5.18 Å². The maximum atomic E-state index is 9.86. The second-order valence-electron chi connectivity index (χ2n) is 1.52. The Kier molecular flexibility index (Phi) is 4.37. The first-order chi connectivity index (χ1) is 4.79. The molecular formula is C5H8N2O3. The second kappa shape index (κ2) is 4.85. The van der Waals surface area contributed by atoms with Crippen LogP contribution in [0.4, 0.5) is 0 Å². The van der Waals surface area contributed by atoms with Gasteiger partial charge in [-0.3, -0.25) is 0 Å². The fraction of sp³-hybridized carbons (Fsp3) is 0.800. The second-order valence-corrected chi connectivity index (χ2v) is 1.52. The summed E-state index contributed by atoms with van der Waals surface area (Å²) in [7, 11) is 2.67. The van der Waals surface area contributed by atoms with Crippen molar-refractivity contribution in [3.8, 4) is 6.07 Å². The highest BCUT2D eigenvalue weighted by atomic mass is 16.7. The lowest BCUT2D eigenvalue weighted by Gasteiger charge is -2.11. The Balaban J connectivity index is 3.98. The molecule has 0 fully saturated rings. The predicted molar refractivity (Wildman–Crippen MR) is 33.0 cm³/mol. The minimum Gasteiger partial charge on any atom is -0.353 e. The van der Waals surface area contributed by atoms with Crippen molar-refractivity contribution in [2.24, 2.45) is 5.18 Å². The molecule has 0 heterocycles. The highest BCUT2D eigenvalue weighted by molar-refractivity contribution is 4.91. The lowest BCUT2D eigenvalue weighted by Crippen LogP contribution is -2.26. The van der Waals surface area contributed by atoms with Crippen LogP contribution >= 0.6 is 0 Å². The molecule has 56 valence electrons. The summed E-state index contributed by atoms with van der Waals surface area (Å²) in [5, 5.41) is 10.7. The van der Waals surface area contributed by atoms with Crippen LogP contribution < -0.4 is 0 Å². The zero-order chi connectivity index (χ0) is 7.98. The molecule has 1 unspecified atom stereocenters. The molecule has 0 aromatic rings. The van der Waals surface area contributed by atoms with E-state index in [0.29, 0.717) is 0 Å². The van der Waals surface area contributed by atoms with Gasteiger partial charge in [0.05, 0.1) is 6.07 Å². The van der Waals surface area contributed by atoms with Crippen LogP contribution in [0.3, 0.4) is 0 Å². The molecule has 0 saturated heterocycles. The highest BCUT2D eigenvalue weighted by Crippen LogP contribution is 2.01. The number of nitrogens with zero attached hydrogens (tertiary/aromatic N) is 2. The third-order valence-corrected chi connectivity index (χ3v) is 0.968. The number of hydrogen-bond acceptors (Lipinski definition) is 5. The van der Waals surface area contributed by atoms with E-state index in [2.05, 4.69) is 14.7 Å². The van der Waals surface area contributed by atoms with Crippen molar-refractivity contribution in [1.29, 1.82) is 5.26 Å². The molecule has 0 bridgehead atoms. The molecule has 5 heteroatoms.